The number of benzene rings is 2. The lowest BCUT2D eigenvalue weighted by molar-refractivity contribution is 0.459. The molecule has 0 spiro atoms. The van der Waals surface area contributed by atoms with Crippen molar-refractivity contribution in [3.63, 3.8) is 0 Å². The summed E-state index contributed by atoms with van der Waals surface area (Å²) in [7, 11) is 0. The highest BCUT2D eigenvalue weighted by Gasteiger charge is 2.19. The highest BCUT2D eigenvalue weighted by molar-refractivity contribution is 14.1. The molecule has 0 unspecified atom stereocenters. The summed E-state index contributed by atoms with van der Waals surface area (Å²) in [5, 5.41) is 2.26. The molecule has 7 heteroatoms. The number of rotatable bonds is 2. The fourth-order valence-electron chi connectivity index (χ4n) is 1.46. The zero-order chi connectivity index (χ0) is 14.2. The van der Waals surface area contributed by atoms with Gasteiger partial charge in [-0.05, 0) is 40.8 Å². The summed E-state index contributed by atoms with van der Waals surface area (Å²) in [4.78, 5) is 0. The molecule has 2 nitrogen and oxygen atoms in total. The molecule has 0 heterocycles. The number of halogens is 5. The van der Waals surface area contributed by atoms with Crippen LogP contribution in [-0.4, -0.2) is 0 Å². The van der Waals surface area contributed by atoms with Gasteiger partial charge in [-0.15, -0.1) is 0 Å². The minimum Gasteiger partial charge on any atom is -0.397 e. The average molecular weight is 382 g/mol. The van der Waals surface area contributed by atoms with Crippen LogP contribution in [0, 0.1) is 26.8 Å². The molecule has 0 aliphatic rings. The summed E-state index contributed by atoms with van der Waals surface area (Å²) < 4.78 is 53.8. The maximum atomic E-state index is 13.5. The van der Waals surface area contributed by atoms with Gasteiger partial charge in [0.25, 0.3) is 0 Å². The van der Waals surface area contributed by atoms with E-state index in [1.54, 1.807) is 12.1 Å². The van der Waals surface area contributed by atoms with Gasteiger partial charge in [-0.25, -0.2) is 17.6 Å². The standard InChI is InChI=1S/C12H7F4IN2/c13-6-4-7(14)11(16)12(10(6)15)19-9-2-1-5(17)3-8(9)18/h1-4,19H,18H2. The maximum absolute atomic E-state index is 13.5. The summed E-state index contributed by atoms with van der Waals surface area (Å²) >= 11 is 2.00. The minimum absolute atomic E-state index is 0.146. The van der Waals surface area contributed by atoms with E-state index in [4.69, 9.17) is 5.73 Å². The van der Waals surface area contributed by atoms with Crippen molar-refractivity contribution >= 4 is 39.7 Å². The van der Waals surface area contributed by atoms with Gasteiger partial charge in [-0.3, -0.25) is 0 Å². The first-order valence-corrected chi connectivity index (χ1v) is 6.13. The van der Waals surface area contributed by atoms with Crippen LogP contribution in [0.3, 0.4) is 0 Å². The molecule has 100 valence electrons. The SMILES string of the molecule is Nc1cc(I)ccc1Nc1c(F)c(F)cc(F)c1F. The molecule has 0 saturated carbocycles. The van der Waals surface area contributed by atoms with Gasteiger partial charge >= 0.3 is 0 Å². The van der Waals surface area contributed by atoms with E-state index in [1.165, 1.54) is 6.07 Å². The largest absolute Gasteiger partial charge is 0.397 e. The van der Waals surface area contributed by atoms with Crippen LogP contribution in [-0.2, 0) is 0 Å². The predicted octanol–water partition coefficient (Wildman–Crippen LogP) is 4.17. The number of nitrogen functional groups attached to an aromatic ring is 1. The van der Waals surface area contributed by atoms with Crippen LogP contribution in [0.5, 0.6) is 0 Å². The highest BCUT2D eigenvalue weighted by atomic mass is 127. The van der Waals surface area contributed by atoms with Crippen molar-refractivity contribution in [3.05, 3.63) is 51.1 Å². The second-order valence-corrected chi connectivity index (χ2v) is 4.95. The quantitative estimate of drug-likeness (QED) is 0.354. The van der Waals surface area contributed by atoms with Crippen molar-refractivity contribution in [1.82, 2.24) is 0 Å². The van der Waals surface area contributed by atoms with Crippen molar-refractivity contribution in [2.24, 2.45) is 0 Å². The average Bonchev–Trinajstić information content (AvgIpc) is 2.34. The van der Waals surface area contributed by atoms with Gasteiger partial charge in [0.05, 0.1) is 11.4 Å². The molecule has 0 atom stereocenters. The highest BCUT2D eigenvalue weighted by Crippen LogP contribution is 2.30. The Labute approximate surface area is 119 Å². The van der Waals surface area contributed by atoms with Crippen molar-refractivity contribution in [3.8, 4) is 0 Å². The zero-order valence-electron chi connectivity index (χ0n) is 9.28. The van der Waals surface area contributed by atoms with Crippen molar-refractivity contribution in [2.75, 3.05) is 11.1 Å². The molecule has 3 N–H and O–H groups in total. The monoisotopic (exact) mass is 382 g/mol. The summed E-state index contributed by atoms with van der Waals surface area (Å²) in [5.41, 5.74) is 5.09. The third kappa shape index (κ3) is 2.75. The number of nitrogens with one attached hydrogen (secondary N) is 1. The summed E-state index contributed by atoms with van der Waals surface area (Å²) in [5.74, 6) is -5.97. The fourth-order valence-corrected chi connectivity index (χ4v) is 1.98. The molecule has 0 aliphatic heterocycles. The second-order valence-electron chi connectivity index (χ2n) is 3.70. The van der Waals surface area contributed by atoms with E-state index < -0.39 is 29.0 Å². The molecule has 0 saturated heterocycles. The van der Waals surface area contributed by atoms with E-state index in [0.29, 0.717) is 0 Å². The Morgan fingerprint density at radius 1 is 0.947 bits per heavy atom. The molecular weight excluding hydrogens is 375 g/mol. The Kier molecular flexibility index (Phi) is 3.83. The first kappa shape index (κ1) is 13.9. The fraction of sp³-hybridized carbons (Fsp3) is 0. The molecule has 0 amide bonds. The van der Waals surface area contributed by atoms with Gasteiger partial charge in [-0.1, -0.05) is 0 Å². The Balaban J connectivity index is 2.49. The number of nitrogens with two attached hydrogens (primary N) is 1. The van der Waals surface area contributed by atoms with Crippen LogP contribution in [0.2, 0.25) is 0 Å². The van der Waals surface area contributed by atoms with Gasteiger partial charge in [-0.2, -0.15) is 0 Å². The van der Waals surface area contributed by atoms with Crippen molar-refractivity contribution in [2.45, 2.75) is 0 Å². The van der Waals surface area contributed by atoms with Crippen LogP contribution in [0.15, 0.2) is 24.3 Å². The van der Waals surface area contributed by atoms with Crippen LogP contribution >= 0.6 is 22.6 Å². The van der Waals surface area contributed by atoms with Crippen LogP contribution < -0.4 is 11.1 Å². The Morgan fingerprint density at radius 3 is 2.05 bits per heavy atom. The first-order valence-electron chi connectivity index (χ1n) is 5.05. The van der Waals surface area contributed by atoms with Gasteiger partial charge in [0, 0.05) is 9.64 Å². The first-order chi connectivity index (χ1) is 8.90. The topological polar surface area (TPSA) is 38.0 Å². The smallest absolute Gasteiger partial charge is 0.185 e. The maximum Gasteiger partial charge on any atom is 0.185 e. The molecule has 0 fully saturated rings. The van der Waals surface area contributed by atoms with Crippen LogP contribution in [0.4, 0.5) is 34.6 Å². The van der Waals surface area contributed by atoms with E-state index >= 15 is 0 Å². The molecule has 2 aromatic rings. The lowest BCUT2D eigenvalue weighted by atomic mass is 10.2. The minimum atomic E-state index is -1.50. The van der Waals surface area contributed by atoms with E-state index in [2.05, 4.69) is 5.32 Å². The van der Waals surface area contributed by atoms with E-state index in [0.717, 1.165) is 3.57 Å². The van der Waals surface area contributed by atoms with Gasteiger partial charge in [0.15, 0.2) is 23.3 Å². The lowest BCUT2D eigenvalue weighted by Crippen LogP contribution is -2.04. The van der Waals surface area contributed by atoms with Gasteiger partial charge in [0.1, 0.15) is 5.69 Å². The summed E-state index contributed by atoms with van der Waals surface area (Å²) in [6.45, 7) is 0. The summed E-state index contributed by atoms with van der Waals surface area (Å²) in [6, 6.07) is 4.78. The lowest BCUT2D eigenvalue weighted by Gasteiger charge is -2.12. The van der Waals surface area contributed by atoms with Gasteiger partial charge in [0.2, 0.25) is 0 Å². The van der Waals surface area contributed by atoms with Crippen molar-refractivity contribution < 1.29 is 17.6 Å². The summed E-state index contributed by atoms with van der Waals surface area (Å²) in [6.07, 6.45) is 0. The number of hydrogen-bond acceptors (Lipinski definition) is 2. The van der Waals surface area contributed by atoms with E-state index in [-0.39, 0.29) is 17.4 Å². The zero-order valence-corrected chi connectivity index (χ0v) is 11.4. The Bertz CT molecular complexity index is 620. The third-order valence-corrected chi connectivity index (χ3v) is 3.06. The molecule has 2 rings (SSSR count). The molecule has 19 heavy (non-hydrogen) atoms. The molecular formula is C12H7F4IN2. The number of hydrogen-bond donors (Lipinski definition) is 2. The molecule has 0 aliphatic carbocycles. The second kappa shape index (κ2) is 5.24. The molecule has 0 bridgehead atoms. The Hall–Kier alpha value is -1.51. The Morgan fingerprint density at radius 2 is 1.53 bits per heavy atom. The van der Waals surface area contributed by atoms with E-state index in [9.17, 15) is 17.6 Å². The molecule has 0 radical (unpaired) electrons. The van der Waals surface area contributed by atoms with Crippen LogP contribution in [0.25, 0.3) is 0 Å². The molecule has 0 aromatic heterocycles. The molecule has 2 aromatic carbocycles. The van der Waals surface area contributed by atoms with E-state index in [1.807, 2.05) is 22.6 Å². The van der Waals surface area contributed by atoms with Crippen LogP contribution in [0.1, 0.15) is 0 Å². The number of anilines is 3. The predicted molar refractivity (Wildman–Crippen MR) is 73.1 cm³/mol. The van der Waals surface area contributed by atoms with Crippen molar-refractivity contribution in [1.29, 1.82) is 0 Å². The third-order valence-electron chi connectivity index (χ3n) is 2.39. The normalized spacial score (nSPS) is 10.6. The van der Waals surface area contributed by atoms with Gasteiger partial charge < -0.3 is 11.1 Å².